The number of nitrogens with one attached hydrogen (secondary N) is 1. The molecule has 1 fully saturated rings. The number of carbonyl (C=O) groups excluding carboxylic acids is 7. The Morgan fingerprint density at radius 2 is 1.54 bits per heavy atom. The molecular formula is C24H30FNO15. The lowest BCUT2D eigenvalue weighted by molar-refractivity contribution is -0.326. The molecule has 1 amide bonds. The first-order chi connectivity index (χ1) is 19.1. The van der Waals surface area contributed by atoms with Crippen LogP contribution in [0.4, 0.5) is 9.18 Å². The third-order valence-electron chi connectivity index (χ3n) is 5.07. The Morgan fingerprint density at radius 1 is 0.927 bits per heavy atom. The van der Waals surface area contributed by atoms with E-state index in [9.17, 15) is 33.6 Å². The molecule has 0 spiro atoms. The van der Waals surface area contributed by atoms with Crippen LogP contribution in [0, 0.1) is 12.3 Å². The molecule has 228 valence electrons. The van der Waals surface area contributed by atoms with E-state index in [2.05, 4.69) is 10.1 Å². The van der Waals surface area contributed by atoms with E-state index in [-0.39, 0.29) is 0 Å². The summed E-state index contributed by atoms with van der Waals surface area (Å²) in [6, 6.07) is -1.94. The molecule has 0 aromatic heterocycles. The molecule has 1 aliphatic heterocycles. The van der Waals surface area contributed by atoms with Crippen molar-refractivity contribution >= 4 is 41.9 Å². The molecule has 1 rings (SSSR count). The van der Waals surface area contributed by atoms with Crippen LogP contribution in [-0.2, 0) is 66.7 Å². The summed E-state index contributed by atoms with van der Waals surface area (Å²) in [6.07, 6.45) is -7.19. The zero-order valence-electron chi connectivity index (χ0n) is 23.0. The first kappa shape index (κ1) is 34.6. The first-order valence-corrected chi connectivity index (χ1v) is 11.7. The van der Waals surface area contributed by atoms with Crippen LogP contribution < -0.4 is 5.32 Å². The molecule has 0 aliphatic carbocycles. The summed E-state index contributed by atoms with van der Waals surface area (Å²) in [7, 11) is 0.785. The second-order valence-electron chi connectivity index (χ2n) is 8.29. The van der Waals surface area contributed by atoms with Gasteiger partial charge in [-0.05, 0) is 0 Å². The summed E-state index contributed by atoms with van der Waals surface area (Å²) in [4.78, 5) is 85.0. The van der Waals surface area contributed by atoms with Gasteiger partial charge in [0.25, 0.3) is 0 Å². The molecule has 17 heteroatoms. The normalized spacial score (nSPS) is 24.6. The Morgan fingerprint density at radius 3 is 2.00 bits per heavy atom. The van der Waals surface area contributed by atoms with E-state index in [0.29, 0.717) is 0 Å². The van der Waals surface area contributed by atoms with E-state index >= 15 is 4.39 Å². The van der Waals surface area contributed by atoms with Gasteiger partial charge in [0, 0.05) is 34.6 Å². The summed E-state index contributed by atoms with van der Waals surface area (Å²) in [5.41, 5.74) is 0. The summed E-state index contributed by atoms with van der Waals surface area (Å²) < 4.78 is 56.4. The fourth-order valence-corrected chi connectivity index (χ4v) is 3.76. The van der Waals surface area contributed by atoms with Gasteiger partial charge in [-0.25, -0.2) is 14.0 Å². The van der Waals surface area contributed by atoms with Gasteiger partial charge in [0.15, 0.2) is 24.9 Å². The van der Waals surface area contributed by atoms with Crippen molar-refractivity contribution in [2.45, 2.75) is 77.0 Å². The standard InChI is InChI=1S/C24H30FNO15/c1-8-9-35-23(33)26-17-19(18(38-13(4)29)16(37-12(3)28)10-36-11(2)27)41-24(22(32)34-7,40-15(6)31)21(25)20(17)39-14(5)30/h1,16-21H,9-10H2,2-7H3,(H,26,33)/t16-,17+,18-,19-,20-,21-,24?/m1/s1. The number of alkyl carbamates (subject to hydrolysis) is 1. The molecule has 16 nitrogen and oxygen atoms in total. The van der Waals surface area contributed by atoms with Crippen molar-refractivity contribution in [2.75, 3.05) is 20.3 Å². The van der Waals surface area contributed by atoms with Crippen molar-refractivity contribution in [3.05, 3.63) is 0 Å². The molecule has 0 saturated carbocycles. The number of hydrogen-bond acceptors (Lipinski definition) is 15. The fourth-order valence-electron chi connectivity index (χ4n) is 3.76. The third-order valence-corrected chi connectivity index (χ3v) is 5.07. The zero-order valence-corrected chi connectivity index (χ0v) is 23.0. The van der Waals surface area contributed by atoms with Gasteiger partial charge in [0.05, 0.1) is 7.11 Å². The summed E-state index contributed by atoms with van der Waals surface area (Å²) in [6.45, 7) is 3.11. The molecule has 0 radical (unpaired) electrons. The SMILES string of the molecule is C#CCOC(=O)N[C@H]1[C@H]([C@H](OC(C)=O)[C@@H](COC(C)=O)OC(C)=O)OC(OC(C)=O)(C(=O)OC)[C@H](F)[C@@H]1OC(C)=O. The average molecular weight is 591 g/mol. The molecular weight excluding hydrogens is 561 g/mol. The molecule has 1 heterocycles. The fraction of sp³-hybridized carbons (Fsp3) is 0.625. The number of esters is 6. The minimum atomic E-state index is -3.33. The van der Waals surface area contributed by atoms with Crippen LogP contribution in [0.5, 0.6) is 0 Å². The smallest absolute Gasteiger partial charge is 0.408 e. The number of methoxy groups -OCH3 is 1. The maximum atomic E-state index is 16.2. The van der Waals surface area contributed by atoms with Crippen LogP contribution in [0.25, 0.3) is 0 Å². The van der Waals surface area contributed by atoms with Crippen LogP contribution >= 0.6 is 0 Å². The summed E-state index contributed by atoms with van der Waals surface area (Å²) in [5.74, 6) is -8.34. The van der Waals surface area contributed by atoms with Gasteiger partial charge in [-0.3, -0.25) is 24.0 Å². The maximum absolute atomic E-state index is 16.2. The largest absolute Gasteiger partial charge is 0.464 e. The second-order valence-corrected chi connectivity index (χ2v) is 8.29. The van der Waals surface area contributed by atoms with Gasteiger partial charge in [0.1, 0.15) is 18.8 Å². The van der Waals surface area contributed by atoms with Crippen molar-refractivity contribution in [3.8, 4) is 12.3 Å². The second kappa shape index (κ2) is 15.4. The van der Waals surface area contributed by atoms with E-state index < -0.39 is 97.5 Å². The highest BCUT2D eigenvalue weighted by Gasteiger charge is 2.67. The Kier molecular flexibility index (Phi) is 12.9. The number of amides is 1. The predicted molar refractivity (Wildman–Crippen MR) is 127 cm³/mol. The van der Waals surface area contributed by atoms with Crippen LogP contribution in [0.1, 0.15) is 34.6 Å². The molecule has 0 aromatic rings. The maximum Gasteiger partial charge on any atom is 0.408 e. The lowest BCUT2D eigenvalue weighted by Gasteiger charge is -2.49. The highest BCUT2D eigenvalue weighted by molar-refractivity contribution is 5.83. The van der Waals surface area contributed by atoms with Crippen molar-refractivity contribution in [2.24, 2.45) is 0 Å². The molecule has 0 bridgehead atoms. The van der Waals surface area contributed by atoms with Gasteiger partial charge >= 0.3 is 47.7 Å². The van der Waals surface area contributed by atoms with Crippen molar-refractivity contribution < 1.29 is 75.8 Å². The molecule has 1 saturated heterocycles. The van der Waals surface area contributed by atoms with E-state index in [1.54, 1.807) is 0 Å². The molecule has 1 unspecified atom stereocenters. The first-order valence-electron chi connectivity index (χ1n) is 11.7. The Hall–Kier alpha value is -4.46. The van der Waals surface area contributed by atoms with Gasteiger partial charge in [0.2, 0.25) is 6.17 Å². The number of ether oxygens (including phenoxy) is 8. The van der Waals surface area contributed by atoms with Gasteiger partial charge in [-0.15, -0.1) is 6.42 Å². The number of rotatable bonds is 11. The monoisotopic (exact) mass is 591 g/mol. The summed E-state index contributed by atoms with van der Waals surface area (Å²) >= 11 is 0. The molecule has 1 aliphatic rings. The average Bonchev–Trinajstić information content (AvgIpc) is 2.86. The van der Waals surface area contributed by atoms with E-state index in [1.807, 2.05) is 5.92 Å². The third kappa shape index (κ3) is 9.60. The van der Waals surface area contributed by atoms with Gasteiger partial charge in [-0.1, -0.05) is 5.92 Å². The van der Waals surface area contributed by atoms with E-state index in [0.717, 1.165) is 41.7 Å². The molecule has 0 aromatic carbocycles. The molecule has 1 N–H and O–H groups in total. The van der Waals surface area contributed by atoms with Crippen LogP contribution in [0.15, 0.2) is 0 Å². The van der Waals surface area contributed by atoms with Crippen molar-refractivity contribution in [1.82, 2.24) is 5.32 Å². The van der Waals surface area contributed by atoms with Crippen LogP contribution in [0.3, 0.4) is 0 Å². The van der Waals surface area contributed by atoms with Crippen LogP contribution in [0.2, 0.25) is 0 Å². The van der Waals surface area contributed by atoms with Gasteiger partial charge in [-0.2, -0.15) is 0 Å². The number of alkyl halides is 1. The Labute approximate surface area is 233 Å². The Bertz CT molecular complexity index is 1070. The highest BCUT2D eigenvalue weighted by atomic mass is 19.1. The number of carbonyl (C=O) groups is 7. The molecule has 7 atom stereocenters. The van der Waals surface area contributed by atoms with Gasteiger partial charge < -0.3 is 43.2 Å². The highest BCUT2D eigenvalue weighted by Crippen LogP contribution is 2.39. The summed E-state index contributed by atoms with van der Waals surface area (Å²) in [5, 5.41) is 2.13. The number of halogens is 1. The van der Waals surface area contributed by atoms with Crippen molar-refractivity contribution in [1.29, 1.82) is 0 Å². The molecule has 41 heavy (non-hydrogen) atoms. The van der Waals surface area contributed by atoms with E-state index in [4.69, 9.17) is 39.6 Å². The minimum absolute atomic E-state index is 0.573. The predicted octanol–water partition coefficient (Wildman–Crippen LogP) is -0.758. The quantitative estimate of drug-likeness (QED) is 0.178. The van der Waals surface area contributed by atoms with Crippen LogP contribution in [-0.4, -0.2) is 105 Å². The zero-order chi connectivity index (χ0) is 31.5. The van der Waals surface area contributed by atoms with E-state index in [1.165, 1.54) is 0 Å². The number of hydrogen-bond donors (Lipinski definition) is 1. The van der Waals surface area contributed by atoms with Crippen molar-refractivity contribution in [3.63, 3.8) is 0 Å². The Balaban J connectivity index is 3.98. The lowest BCUT2D eigenvalue weighted by atomic mass is 9.86. The topological polar surface area (TPSA) is 205 Å². The lowest BCUT2D eigenvalue weighted by Crippen LogP contribution is -2.74. The minimum Gasteiger partial charge on any atom is -0.464 e. The number of terminal acetylenes is 1.